The van der Waals surface area contributed by atoms with Crippen molar-refractivity contribution in [2.45, 2.75) is 31.2 Å². The molecule has 1 atom stereocenters. The summed E-state index contributed by atoms with van der Waals surface area (Å²) < 4.78 is 28.5. The number of anilines is 1. The Bertz CT molecular complexity index is 703. The lowest BCUT2D eigenvalue weighted by Crippen LogP contribution is -2.34. The highest BCUT2D eigenvalue weighted by Gasteiger charge is 2.22. The van der Waals surface area contributed by atoms with Gasteiger partial charge in [0, 0.05) is 29.0 Å². The van der Waals surface area contributed by atoms with Crippen molar-refractivity contribution in [3.05, 3.63) is 28.1 Å². The van der Waals surface area contributed by atoms with Gasteiger partial charge in [-0.15, -0.1) is 11.3 Å². The fourth-order valence-electron chi connectivity index (χ4n) is 1.96. The number of hydrogen-bond acceptors (Lipinski definition) is 5. The van der Waals surface area contributed by atoms with Gasteiger partial charge in [-0.3, -0.25) is 4.68 Å². The van der Waals surface area contributed by atoms with E-state index in [2.05, 4.69) is 9.82 Å². The number of nitrogens with zero attached hydrogens (tertiary/aromatic N) is 2. The topological polar surface area (TPSA) is 90.0 Å². The zero-order valence-electron chi connectivity index (χ0n) is 11.6. The Kier molecular flexibility index (Phi) is 4.17. The van der Waals surface area contributed by atoms with Crippen molar-refractivity contribution >= 4 is 27.2 Å². The van der Waals surface area contributed by atoms with Crippen LogP contribution in [-0.2, 0) is 23.5 Å². The molecule has 0 aliphatic carbocycles. The van der Waals surface area contributed by atoms with E-state index >= 15 is 0 Å². The summed E-state index contributed by atoms with van der Waals surface area (Å²) in [6, 6.07) is 3.83. The number of sulfonamides is 1. The van der Waals surface area contributed by atoms with Crippen molar-refractivity contribution in [2.24, 2.45) is 7.05 Å². The van der Waals surface area contributed by atoms with E-state index in [9.17, 15) is 8.42 Å². The minimum Gasteiger partial charge on any atom is -0.381 e. The van der Waals surface area contributed by atoms with Crippen molar-refractivity contribution in [3.63, 3.8) is 0 Å². The van der Waals surface area contributed by atoms with E-state index in [0.29, 0.717) is 6.42 Å². The quantitative estimate of drug-likeness (QED) is 0.870. The number of thiophene rings is 1. The number of rotatable bonds is 5. The van der Waals surface area contributed by atoms with Gasteiger partial charge < -0.3 is 5.73 Å². The molecule has 8 heteroatoms. The number of nitrogens with two attached hydrogens (primary N) is 1. The molecule has 0 aliphatic rings. The molecule has 3 N–H and O–H groups in total. The Morgan fingerprint density at radius 3 is 2.70 bits per heavy atom. The number of nitrogens with one attached hydrogen (secondary N) is 1. The van der Waals surface area contributed by atoms with E-state index in [0.717, 1.165) is 4.88 Å². The normalized spacial score (nSPS) is 13.6. The van der Waals surface area contributed by atoms with E-state index in [1.807, 2.05) is 26.0 Å². The van der Waals surface area contributed by atoms with Crippen LogP contribution in [0.1, 0.15) is 16.7 Å². The molecule has 0 saturated carbocycles. The molecule has 2 rings (SSSR count). The fraction of sp³-hybridized carbons (Fsp3) is 0.417. The van der Waals surface area contributed by atoms with E-state index in [1.165, 1.54) is 15.8 Å². The second kappa shape index (κ2) is 5.55. The molecular formula is C12H18N4O2S2. The second-order valence-corrected chi connectivity index (χ2v) is 7.85. The summed E-state index contributed by atoms with van der Waals surface area (Å²) in [7, 11) is -2.00. The molecule has 0 fully saturated rings. The molecule has 0 bridgehead atoms. The summed E-state index contributed by atoms with van der Waals surface area (Å²) in [6.45, 7) is 3.86. The fourth-order valence-corrected chi connectivity index (χ4v) is 4.32. The van der Waals surface area contributed by atoms with Gasteiger partial charge in [0.25, 0.3) is 0 Å². The maximum absolute atomic E-state index is 12.2. The molecule has 2 heterocycles. The van der Waals surface area contributed by atoms with E-state index in [4.69, 9.17) is 5.73 Å². The first-order chi connectivity index (χ1) is 9.28. The first kappa shape index (κ1) is 15.0. The van der Waals surface area contributed by atoms with Crippen LogP contribution in [0.15, 0.2) is 23.2 Å². The highest BCUT2D eigenvalue weighted by molar-refractivity contribution is 7.89. The summed E-state index contributed by atoms with van der Waals surface area (Å²) in [5, 5.41) is 3.85. The van der Waals surface area contributed by atoms with Crippen molar-refractivity contribution in [2.75, 3.05) is 5.73 Å². The lowest BCUT2D eigenvalue weighted by Gasteiger charge is -2.12. The van der Waals surface area contributed by atoms with Crippen LogP contribution in [0.25, 0.3) is 0 Å². The largest absolute Gasteiger partial charge is 0.381 e. The number of nitrogen functional groups attached to an aromatic ring is 1. The summed E-state index contributed by atoms with van der Waals surface area (Å²) in [5.74, 6) is 0.0131. The molecular weight excluding hydrogens is 296 g/mol. The number of hydrogen-bond donors (Lipinski definition) is 2. The molecule has 1 unspecified atom stereocenters. The number of aryl methyl sites for hydroxylation is 2. The molecule has 110 valence electrons. The van der Waals surface area contributed by atoms with Crippen molar-refractivity contribution in [1.82, 2.24) is 14.5 Å². The van der Waals surface area contributed by atoms with Gasteiger partial charge >= 0.3 is 0 Å². The Balaban J connectivity index is 2.10. The molecule has 0 spiro atoms. The molecule has 0 aromatic carbocycles. The highest BCUT2D eigenvalue weighted by atomic mass is 32.2. The minimum atomic E-state index is -3.64. The predicted molar refractivity (Wildman–Crippen MR) is 80.2 cm³/mol. The maximum Gasteiger partial charge on any atom is 0.246 e. The molecule has 20 heavy (non-hydrogen) atoms. The third-order valence-electron chi connectivity index (χ3n) is 2.77. The van der Waals surface area contributed by atoms with Crippen LogP contribution in [0.4, 0.5) is 5.82 Å². The van der Waals surface area contributed by atoms with Crippen LogP contribution in [-0.4, -0.2) is 24.2 Å². The Labute approximate surface area is 122 Å². The Morgan fingerprint density at radius 1 is 1.50 bits per heavy atom. The molecule has 2 aromatic heterocycles. The molecule has 0 saturated heterocycles. The average molecular weight is 314 g/mol. The SMILES string of the molecule is Cc1ccc(CC(C)NS(=O)(=O)c2cn(C)nc2N)s1. The van der Waals surface area contributed by atoms with Gasteiger partial charge in [0.1, 0.15) is 4.90 Å². The van der Waals surface area contributed by atoms with Gasteiger partial charge in [-0.05, 0) is 32.4 Å². The van der Waals surface area contributed by atoms with Crippen LogP contribution in [0, 0.1) is 6.92 Å². The van der Waals surface area contributed by atoms with Gasteiger partial charge in [-0.2, -0.15) is 5.10 Å². The van der Waals surface area contributed by atoms with Gasteiger partial charge in [-0.25, -0.2) is 13.1 Å². The summed E-state index contributed by atoms with van der Waals surface area (Å²) in [5.41, 5.74) is 5.61. The summed E-state index contributed by atoms with van der Waals surface area (Å²) in [6.07, 6.45) is 2.05. The molecule has 0 aliphatic heterocycles. The average Bonchev–Trinajstić information content (AvgIpc) is 2.84. The third-order valence-corrected chi connectivity index (χ3v) is 5.40. The Morgan fingerprint density at radius 2 is 2.20 bits per heavy atom. The zero-order valence-corrected chi connectivity index (χ0v) is 13.3. The van der Waals surface area contributed by atoms with Crippen LogP contribution >= 0.6 is 11.3 Å². The van der Waals surface area contributed by atoms with Crippen LogP contribution in [0.3, 0.4) is 0 Å². The van der Waals surface area contributed by atoms with Crippen LogP contribution < -0.4 is 10.5 Å². The van der Waals surface area contributed by atoms with Crippen LogP contribution in [0.5, 0.6) is 0 Å². The summed E-state index contributed by atoms with van der Waals surface area (Å²) >= 11 is 1.67. The van der Waals surface area contributed by atoms with Crippen molar-refractivity contribution in [3.8, 4) is 0 Å². The van der Waals surface area contributed by atoms with Gasteiger partial charge in [0.05, 0.1) is 0 Å². The lowest BCUT2D eigenvalue weighted by molar-refractivity contribution is 0.561. The van der Waals surface area contributed by atoms with Crippen molar-refractivity contribution in [1.29, 1.82) is 0 Å². The predicted octanol–water partition coefficient (Wildman–Crippen LogP) is 1.28. The molecule has 6 nitrogen and oxygen atoms in total. The molecule has 0 amide bonds. The number of aromatic nitrogens is 2. The van der Waals surface area contributed by atoms with Crippen molar-refractivity contribution < 1.29 is 8.42 Å². The second-order valence-electron chi connectivity index (χ2n) is 4.79. The van der Waals surface area contributed by atoms with E-state index < -0.39 is 10.0 Å². The molecule has 0 radical (unpaired) electrons. The zero-order chi connectivity index (χ0) is 14.9. The highest BCUT2D eigenvalue weighted by Crippen LogP contribution is 2.19. The maximum atomic E-state index is 12.2. The van der Waals surface area contributed by atoms with Gasteiger partial charge in [0.15, 0.2) is 5.82 Å². The van der Waals surface area contributed by atoms with Crippen LogP contribution in [0.2, 0.25) is 0 Å². The van der Waals surface area contributed by atoms with E-state index in [-0.39, 0.29) is 16.8 Å². The third kappa shape index (κ3) is 3.38. The standard InChI is InChI=1S/C12H18N4O2S2/c1-8(6-10-5-4-9(2)19-10)15-20(17,18)11-7-16(3)14-12(11)13/h4-5,7-8,15H,6H2,1-3H3,(H2,13,14). The van der Waals surface area contributed by atoms with Gasteiger partial charge in [-0.1, -0.05) is 0 Å². The monoisotopic (exact) mass is 314 g/mol. The summed E-state index contributed by atoms with van der Waals surface area (Å²) in [4.78, 5) is 2.39. The van der Waals surface area contributed by atoms with E-state index in [1.54, 1.807) is 18.4 Å². The molecule has 2 aromatic rings. The first-order valence-corrected chi connectivity index (χ1v) is 8.44. The van der Waals surface area contributed by atoms with Gasteiger partial charge in [0.2, 0.25) is 10.0 Å². The first-order valence-electron chi connectivity index (χ1n) is 6.14. The smallest absolute Gasteiger partial charge is 0.246 e. The Hall–Kier alpha value is -1.38. The lowest BCUT2D eigenvalue weighted by atomic mass is 10.2. The minimum absolute atomic E-state index is 0.0131.